The zero-order valence-corrected chi connectivity index (χ0v) is 11.7. The lowest BCUT2D eigenvalue weighted by atomic mass is 9.98. The van der Waals surface area contributed by atoms with Gasteiger partial charge in [0.05, 0.1) is 13.2 Å². The van der Waals surface area contributed by atoms with Gasteiger partial charge in [-0.25, -0.2) is 0 Å². The molecular formula is C12H26N2OS. The molecule has 1 fully saturated rings. The zero-order chi connectivity index (χ0) is 12.0. The Morgan fingerprint density at radius 3 is 2.81 bits per heavy atom. The molecule has 1 rings (SSSR count). The van der Waals surface area contributed by atoms with E-state index >= 15 is 0 Å². The Kier molecular flexibility index (Phi) is 6.11. The van der Waals surface area contributed by atoms with Crippen LogP contribution in [0.3, 0.4) is 0 Å². The lowest BCUT2D eigenvalue weighted by Gasteiger charge is -2.46. The second-order valence-corrected chi connectivity index (χ2v) is 6.33. The highest BCUT2D eigenvalue weighted by Crippen LogP contribution is 2.23. The van der Waals surface area contributed by atoms with Gasteiger partial charge < -0.3 is 10.5 Å². The molecule has 4 heteroatoms. The predicted octanol–water partition coefficient (Wildman–Crippen LogP) is 1.57. The number of morpholine rings is 1. The first-order valence-corrected chi connectivity index (χ1v) is 7.39. The van der Waals surface area contributed by atoms with Gasteiger partial charge in [-0.3, -0.25) is 4.90 Å². The van der Waals surface area contributed by atoms with Crippen molar-refractivity contribution in [3.63, 3.8) is 0 Å². The molecule has 1 heterocycles. The molecule has 1 atom stereocenters. The molecule has 0 aromatic carbocycles. The van der Waals surface area contributed by atoms with E-state index in [4.69, 9.17) is 10.5 Å². The molecule has 1 aliphatic rings. The minimum Gasteiger partial charge on any atom is -0.378 e. The van der Waals surface area contributed by atoms with Crippen LogP contribution in [0.4, 0.5) is 0 Å². The molecule has 2 N–H and O–H groups in total. The van der Waals surface area contributed by atoms with Crippen molar-refractivity contribution in [2.24, 2.45) is 5.73 Å². The van der Waals surface area contributed by atoms with Gasteiger partial charge in [0, 0.05) is 24.7 Å². The zero-order valence-electron chi connectivity index (χ0n) is 10.9. The van der Waals surface area contributed by atoms with Gasteiger partial charge >= 0.3 is 0 Å². The Labute approximate surface area is 104 Å². The molecule has 0 bridgehead atoms. The van der Waals surface area contributed by atoms with Crippen molar-refractivity contribution in [2.75, 3.05) is 37.8 Å². The van der Waals surface area contributed by atoms with E-state index in [9.17, 15) is 0 Å². The summed E-state index contributed by atoms with van der Waals surface area (Å²) in [4.78, 5) is 2.53. The molecule has 1 aliphatic heterocycles. The Bertz CT molecular complexity index is 199. The number of hydrogen-bond donors (Lipinski definition) is 1. The lowest BCUT2D eigenvalue weighted by Crippen LogP contribution is -2.59. The third-order valence-corrected chi connectivity index (χ3v) is 4.15. The first-order chi connectivity index (χ1) is 7.61. The number of rotatable bonds is 6. The van der Waals surface area contributed by atoms with Gasteiger partial charge in [-0.05, 0) is 31.8 Å². The highest BCUT2D eigenvalue weighted by atomic mass is 32.2. The minimum absolute atomic E-state index is 0.138. The molecule has 0 spiro atoms. The second-order valence-electron chi connectivity index (χ2n) is 4.93. The third kappa shape index (κ3) is 3.91. The van der Waals surface area contributed by atoms with E-state index < -0.39 is 0 Å². The van der Waals surface area contributed by atoms with Crippen molar-refractivity contribution >= 4 is 11.8 Å². The number of hydrogen-bond acceptors (Lipinski definition) is 4. The van der Waals surface area contributed by atoms with E-state index in [0.717, 1.165) is 26.3 Å². The molecule has 96 valence electrons. The van der Waals surface area contributed by atoms with Gasteiger partial charge in [-0.1, -0.05) is 6.92 Å². The largest absolute Gasteiger partial charge is 0.378 e. The second kappa shape index (κ2) is 6.84. The van der Waals surface area contributed by atoms with Crippen LogP contribution >= 0.6 is 11.8 Å². The normalized spacial score (nSPS) is 23.2. The van der Waals surface area contributed by atoms with Crippen LogP contribution in [-0.2, 0) is 4.74 Å². The van der Waals surface area contributed by atoms with Gasteiger partial charge in [-0.2, -0.15) is 11.8 Å². The topological polar surface area (TPSA) is 38.5 Å². The molecule has 0 saturated carbocycles. The summed E-state index contributed by atoms with van der Waals surface area (Å²) in [5, 5.41) is 0. The summed E-state index contributed by atoms with van der Waals surface area (Å²) in [5.74, 6) is 2.41. The Morgan fingerprint density at radius 2 is 2.25 bits per heavy atom. The quantitative estimate of drug-likeness (QED) is 0.722. The molecule has 0 aromatic heterocycles. The molecule has 0 aliphatic carbocycles. The van der Waals surface area contributed by atoms with Crippen LogP contribution in [0.5, 0.6) is 0 Å². The average Bonchev–Trinajstić information content (AvgIpc) is 2.25. The van der Waals surface area contributed by atoms with E-state index in [1.165, 1.54) is 17.9 Å². The van der Waals surface area contributed by atoms with Crippen LogP contribution in [-0.4, -0.2) is 54.3 Å². The fourth-order valence-corrected chi connectivity index (χ4v) is 3.04. The van der Waals surface area contributed by atoms with E-state index in [1.807, 2.05) is 11.8 Å². The van der Waals surface area contributed by atoms with E-state index in [1.54, 1.807) is 0 Å². The maximum Gasteiger partial charge on any atom is 0.0645 e. The predicted molar refractivity (Wildman–Crippen MR) is 72.1 cm³/mol. The number of thioether (sulfide) groups is 1. The summed E-state index contributed by atoms with van der Waals surface area (Å²) in [5.41, 5.74) is 6.05. The maximum absolute atomic E-state index is 5.92. The van der Waals surface area contributed by atoms with E-state index in [0.29, 0.717) is 6.04 Å². The molecule has 3 nitrogen and oxygen atoms in total. The molecule has 0 radical (unpaired) electrons. The number of nitrogens with two attached hydrogens (primary N) is 1. The smallest absolute Gasteiger partial charge is 0.0645 e. The summed E-state index contributed by atoms with van der Waals surface area (Å²) in [6, 6.07) is 0.512. The summed E-state index contributed by atoms with van der Waals surface area (Å²) >= 11 is 2.00. The van der Waals surface area contributed by atoms with Gasteiger partial charge in [0.1, 0.15) is 0 Å². The van der Waals surface area contributed by atoms with Gasteiger partial charge in [0.25, 0.3) is 0 Å². The maximum atomic E-state index is 5.92. The van der Waals surface area contributed by atoms with Gasteiger partial charge in [0.2, 0.25) is 0 Å². The van der Waals surface area contributed by atoms with Crippen LogP contribution < -0.4 is 5.73 Å². The van der Waals surface area contributed by atoms with Crippen molar-refractivity contribution in [2.45, 2.75) is 38.8 Å². The SMILES string of the molecule is CCSCCC(CN)N1CCOCC1(C)C. The monoisotopic (exact) mass is 246 g/mol. The number of ether oxygens (including phenoxy) is 1. The Balaban J connectivity index is 2.49. The summed E-state index contributed by atoms with van der Waals surface area (Å²) in [6.07, 6.45) is 1.19. The molecule has 1 unspecified atom stereocenters. The van der Waals surface area contributed by atoms with Crippen LogP contribution in [0.2, 0.25) is 0 Å². The first kappa shape index (κ1) is 14.3. The molecule has 1 saturated heterocycles. The highest BCUT2D eigenvalue weighted by Gasteiger charge is 2.34. The van der Waals surface area contributed by atoms with E-state index in [2.05, 4.69) is 25.7 Å². The van der Waals surface area contributed by atoms with E-state index in [-0.39, 0.29) is 5.54 Å². The fourth-order valence-electron chi connectivity index (χ4n) is 2.31. The van der Waals surface area contributed by atoms with Crippen molar-refractivity contribution in [1.29, 1.82) is 0 Å². The molecule has 16 heavy (non-hydrogen) atoms. The van der Waals surface area contributed by atoms with Crippen molar-refractivity contribution in [3.05, 3.63) is 0 Å². The first-order valence-electron chi connectivity index (χ1n) is 6.24. The van der Waals surface area contributed by atoms with Crippen LogP contribution in [0.1, 0.15) is 27.2 Å². The average molecular weight is 246 g/mol. The summed E-state index contributed by atoms with van der Waals surface area (Å²) in [6.45, 7) is 10.2. The molecule has 0 aromatic rings. The molecule has 0 amide bonds. The summed E-state index contributed by atoms with van der Waals surface area (Å²) < 4.78 is 5.55. The standard InChI is InChI=1S/C12H26N2OS/c1-4-16-8-5-11(9-13)14-6-7-15-10-12(14,2)3/h11H,4-10,13H2,1-3H3. The summed E-state index contributed by atoms with van der Waals surface area (Å²) in [7, 11) is 0. The number of nitrogens with zero attached hydrogens (tertiary/aromatic N) is 1. The van der Waals surface area contributed by atoms with Crippen LogP contribution in [0.15, 0.2) is 0 Å². The molecular weight excluding hydrogens is 220 g/mol. The highest BCUT2D eigenvalue weighted by molar-refractivity contribution is 7.99. The van der Waals surface area contributed by atoms with Gasteiger partial charge in [0.15, 0.2) is 0 Å². The van der Waals surface area contributed by atoms with Gasteiger partial charge in [-0.15, -0.1) is 0 Å². The third-order valence-electron chi connectivity index (χ3n) is 3.22. The van der Waals surface area contributed by atoms with Crippen LogP contribution in [0, 0.1) is 0 Å². The Hall–Kier alpha value is 0.230. The van der Waals surface area contributed by atoms with Crippen molar-refractivity contribution < 1.29 is 4.74 Å². The van der Waals surface area contributed by atoms with Crippen molar-refractivity contribution in [1.82, 2.24) is 4.90 Å². The van der Waals surface area contributed by atoms with Crippen LogP contribution in [0.25, 0.3) is 0 Å². The minimum atomic E-state index is 0.138. The Morgan fingerprint density at radius 1 is 1.50 bits per heavy atom. The van der Waals surface area contributed by atoms with Crippen molar-refractivity contribution in [3.8, 4) is 0 Å². The fraction of sp³-hybridized carbons (Fsp3) is 1.00. The lowest BCUT2D eigenvalue weighted by molar-refractivity contribution is -0.0706.